The molecule has 3 rings (SSSR count). The summed E-state index contributed by atoms with van der Waals surface area (Å²) in [6.07, 6.45) is 5.24. The minimum absolute atomic E-state index is 0.241. The molecule has 0 aliphatic carbocycles. The van der Waals surface area contributed by atoms with Crippen LogP contribution in [-0.4, -0.2) is 17.9 Å². The summed E-state index contributed by atoms with van der Waals surface area (Å²) in [5, 5.41) is 0. The summed E-state index contributed by atoms with van der Waals surface area (Å²) in [6, 6.07) is 17.3. The van der Waals surface area contributed by atoms with Crippen molar-refractivity contribution >= 4 is 30.1 Å². The van der Waals surface area contributed by atoms with Crippen molar-refractivity contribution in [3.63, 3.8) is 0 Å². The molecular weight excluding hydrogens is 544 g/mol. The molecule has 0 bridgehead atoms. The molecule has 0 unspecified atom stereocenters. The van der Waals surface area contributed by atoms with Gasteiger partial charge in [0.05, 0.1) is 6.26 Å². The number of hydrogen-bond acceptors (Lipinski definition) is 7. The van der Waals surface area contributed by atoms with Crippen LogP contribution in [0.1, 0.15) is 45.7 Å². The van der Waals surface area contributed by atoms with E-state index in [0.29, 0.717) is 33.9 Å². The molecular formula is C36H34O7. The summed E-state index contributed by atoms with van der Waals surface area (Å²) in [4.78, 5) is 36.3. The van der Waals surface area contributed by atoms with Crippen LogP contribution in [0.15, 0.2) is 109 Å². The lowest BCUT2D eigenvalue weighted by Gasteiger charge is -2.15. The predicted octanol–water partition coefficient (Wildman–Crippen LogP) is 8.27. The van der Waals surface area contributed by atoms with Crippen LogP contribution in [0.25, 0.3) is 23.3 Å². The molecule has 0 aliphatic heterocycles. The smallest absolute Gasteiger partial charge is 0.338 e. The molecule has 220 valence electrons. The predicted molar refractivity (Wildman–Crippen MR) is 169 cm³/mol. The minimum atomic E-state index is -0.579. The normalized spacial score (nSPS) is 10.4. The number of carbonyl (C=O) groups is 3. The average Bonchev–Trinajstić information content (AvgIpc) is 2.96. The van der Waals surface area contributed by atoms with Gasteiger partial charge in [0.25, 0.3) is 0 Å². The molecule has 0 aliphatic rings. The van der Waals surface area contributed by atoms with Gasteiger partial charge in [0, 0.05) is 27.8 Å². The first-order chi connectivity index (χ1) is 20.3. The van der Waals surface area contributed by atoms with Crippen molar-refractivity contribution in [2.45, 2.75) is 34.6 Å². The Morgan fingerprint density at radius 3 is 1.58 bits per heavy atom. The molecule has 0 amide bonds. The number of allylic oxidation sites excluding steroid dienone is 1. The van der Waals surface area contributed by atoms with Gasteiger partial charge in [-0.3, -0.25) is 0 Å². The van der Waals surface area contributed by atoms with Crippen molar-refractivity contribution in [1.29, 1.82) is 0 Å². The van der Waals surface area contributed by atoms with E-state index in [9.17, 15) is 14.4 Å². The third-order valence-electron chi connectivity index (χ3n) is 5.70. The Balaban J connectivity index is 2.05. The molecule has 0 spiro atoms. The second kappa shape index (κ2) is 14.5. The summed E-state index contributed by atoms with van der Waals surface area (Å²) >= 11 is 0. The van der Waals surface area contributed by atoms with Crippen LogP contribution in [0.4, 0.5) is 0 Å². The minimum Gasteiger partial charge on any atom is -0.464 e. The fourth-order valence-corrected chi connectivity index (χ4v) is 3.41. The van der Waals surface area contributed by atoms with Crippen molar-refractivity contribution in [2.75, 3.05) is 0 Å². The first kappa shape index (κ1) is 32.1. The molecule has 7 nitrogen and oxygen atoms in total. The number of ether oxygens (including phenoxy) is 4. The van der Waals surface area contributed by atoms with Gasteiger partial charge in [-0.1, -0.05) is 56.2 Å². The highest BCUT2D eigenvalue weighted by atomic mass is 16.5. The standard InChI is InChI=1S/C36H34O7/c1-22(2)21-40-33-19-28(12-9-26-10-15-29(16-11-26)41-34(37)23(3)4)32(43-36(39)25(7)8)20-31(33)27-13-17-30(18-14-27)42-35(38)24(5)6/h9-21H,3,5,7H2,1-2,4,6,8H3/b12-9+. The Bertz CT molecular complexity index is 1630. The maximum Gasteiger partial charge on any atom is 0.338 e. The molecule has 43 heavy (non-hydrogen) atoms. The van der Waals surface area contributed by atoms with Gasteiger partial charge >= 0.3 is 17.9 Å². The zero-order valence-corrected chi connectivity index (χ0v) is 25.0. The zero-order valence-electron chi connectivity index (χ0n) is 25.0. The largest absolute Gasteiger partial charge is 0.464 e. The molecule has 0 saturated carbocycles. The fourth-order valence-electron chi connectivity index (χ4n) is 3.41. The number of hydrogen-bond donors (Lipinski definition) is 0. The van der Waals surface area contributed by atoms with Gasteiger partial charge in [0.1, 0.15) is 23.0 Å². The molecule has 0 radical (unpaired) electrons. The third-order valence-corrected chi connectivity index (χ3v) is 5.70. The molecule has 3 aromatic carbocycles. The SMILES string of the molecule is C=C(C)C(=O)Oc1ccc(/C=C/c2cc(OC=C(C)C)c(-c3ccc(OC(=O)C(=C)C)cc3)cc2OC(=O)C(=C)C)cc1. The van der Waals surface area contributed by atoms with Crippen molar-refractivity contribution in [3.8, 4) is 34.1 Å². The Hall–Kier alpha value is -5.43. The second-order valence-corrected chi connectivity index (χ2v) is 10.1. The van der Waals surface area contributed by atoms with Gasteiger partial charge in [0.15, 0.2) is 0 Å². The second-order valence-electron chi connectivity index (χ2n) is 10.1. The van der Waals surface area contributed by atoms with Gasteiger partial charge in [-0.15, -0.1) is 0 Å². The molecule has 0 atom stereocenters. The van der Waals surface area contributed by atoms with E-state index in [4.69, 9.17) is 18.9 Å². The van der Waals surface area contributed by atoms with E-state index in [1.165, 1.54) is 0 Å². The molecule has 0 N–H and O–H groups in total. The van der Waals surface area contributed by atoms with Crippen LogP contribution in [0, 0.1) is 0 Å². The number of carbonyl (C=O) groups excluding carboxylic acids is 3. The van der Waals surface area contributed by atoms with Crippen molar-refractivity contribution in [1.82, 2.24) is 0 Å². The number of rotatable bonds is 11. The van der Waals surface area contributed by atoms with Gasteiger partial charge < -0.3 is 18.9 Å². The van der Waals surface area contributed by atoms with E-state index in [-0.39, 0.29) is 16.9 Å². The van der Waals surface area contributed by atoms with E-state index >= 15 is 0 Å². The quantitative estimate of drug-likeness (QED) is 0.0744. The molecule has 0 heterocycles. The Kier molecular flexibility index (Phi) is 10.8. The first-order valence-corrected chi connectivity index (χ1v) is 13.3. The van der Waals surface area contributed by atoms with Crippen LogP contribution in [0.2, 0.25) is 0 Å². The van der Waals surface area contributed by atoms with Crippen LogP contribution < -0.4 is 18.9 Å². The van der Waals surface area contributed by atoms with Crippen LogP contribution >= 0.6 is 0 Å². The Morgan fingerprint density at radius 2 is 1.09 bits per heavy atom. The van der Waals surface area contributed by atoms with Crippen LogP contribution in [0.3, 0.4) is 0 Å². The summed E-state index contributed by atoms with van der Waals surface area (Å²) in [7, 11) is 0. The lowest BCUT2D eigenvalue weighted by Crippen LogP contribution is -2.09. The highest BCUT2D eigenvalue weighted by Crippen LogP contribution is 2.38. The third kappa shape index (κ3) is 9.30. The van der Waals surface area contributed by atoms with Gasteiger partial charge in [0.2, 0.25) is 0 Å². The van der Waals surface area contributed by atoms with E-state index in [1.54, 1.807) is 93.8 Å². The monoisotopic (exact) mass is 578 g/mol. The molecule has 0 fully saturated rings. The van der Waals surface area contributed by atoms with Gasteiger partial charge in [-0.2, -0.15) is 0 Å². The summed E-state index contributed by atoms with van der Waals surface area (Å²) in [5.41, 5.74) is 4.52. The van der Waals surface area contributed by atoms with E-state index in [1.807, 2.05) is 19.9 Å². The van der Waals surface area contributed by atoms with Gasteiger partial charge in [-0.25, -0.2) is 14.4 Å². The zero-order chi connectivity index (χ0) is 31.7. The Morgan fingerprint density at radius 1 is 0.605 bits per heavy atom. The van der Waals surface area contributed by atoms with Crippen molar-refractivity contribution in [2.24, 2.45) is 0 Å². The van der Waals surface area contributed by atoms with E-state index in [0.717, 1.165) is 16.7 Å². The molecule has 0 saturated heterocycles. The summed E-state index contributed by atoms with van der Waals surface area (Å²) in [6.45, 7) is 19.4. The number of benzene rings is 3. The molecule has 3 aromatic rings. The lowest BCUT2D eigenvalue weighted by molar-refractivity contribution is -0.130. The van der Waals surface area contributed by atoms with Crippen molar-refractivity contribution in [3.05, 3.63) is 120 Å². The topological polar surface area (TPSA) is 88.1 Å². The lowest BCUT2D eigenvalue weighted by atomic mass is 10.0. The highest BCUT2D eigenvalue weighted by molar-refractivity contribution is 5.91. The molecule has 7 heteroatoms. The Labute approximate surface area is 252 Å². The van der Waals surface area contributed by atoms with Crippen LogP contribution in [0.5, 0.6) is 23.0 Å². The van der Waals surface area contributed by atoms with Gasteiger partial charge in [-0.05, 0) is 87.7 Å². The van der Waals surface area contributed by atoms with Crippen molar-refractivity contribution < 1.29 is 33.3 Å². The highest BCUT2D eigenvalue weighted by Gasteiger charge is 2.17. The van der Waals surface area contributed by atoms with E-state index in [2.05, 4.69) is 19.7 Å². The average molecular weight is 579 g/mol. The number of esters is 3. The van der Waals surface area contributed by atoms with Crippen LogP contribution in [-0.2, 0) is 14.4 Å². The summed E-state index contributed by atoms with van der Waals surface area (Å²) < 4.78 is 22.3. The first-order valence-electron chi connectivity index (χ1n) is 13.3. The maximum atomic E-state index is 12.6. The fraction of sp³-hybridized carbons (Fsp3) is 0.139. The maximum absolute atomic E-state index is 12.6. The molecule has 0 aromatic heterocycles. The summed E-state index contributed by atoms with van der Waals surface area (Å²) in [5.74, 6) is -0.0600. The van der Waals surface area contributed by atoms with E-state index < -0.39 is 17.9 Å².